The number of hydrogen-bond donors (Lipinski definition) is 1. The van der Waals surface area contributed by atoms with Gasteiger partial charge < -0.3 is 0 Å². The topological polar surface area (TPSA) is 66.5 Å². The zero-order chi connectivity index (χ0) is 14.0. The van der Waals surface area contributed by atoms with Gasteiger partial charge in [-0.15, -0.1) is 0 Å². The van der Waals surface area contributed by atoms with Crippen molar-refractivity contribution in [2.24, 2.45) is 0 Å². The number of fused-ring (bicyclic) bond motifs is 1. The van der Waals surface area contributed by atoms with Crippen LogP contribution in [-0.2, 0) is 16.6 Å². The van der Waals surface area contributed by atoms with Gasteiger partial charge >= 0.3 is 10.2 Å². The summed E-state index contributed by atoms with van der Waals surface area (Å²) in [6.45, 7) is 4.10. The number of nitrogens with one attached hydrogen (secondary N) is 1. The minimum atomic E-state index is -3.48. The van der Waals surface area contributed by atoms with Crippen LogP contribution in [0.1, 0.15) is 36.2 Å². The third kappa shape index (κ3) is 2.79. The molecular weight excluding hydrogens is 264 g/mol. The van der Waals surface area contributed by atoms with Crippen LogP contribution < -0.4 is 9.03 Å². The Morgan fingerprint density at radius 2 is 2.16 bits per heavy atom. The molecule has 0 fully saturated rings. The number of carbonyl (C=O) groups is 1. The summed E-state index contributed by atoms with van der Waals surface area (Å²) in [6.07, 6.45) is 1.56. The van der Waals surface area contributed by atoms with Gasteiger partial charge in [0.15, 0.2) is 5.78 Å². The lowest BCUT2D eigenvalue weighted by atomic mass is 9.99. The molecule has 0 bridgehead atoms. The zero-order valence-electron chi connectivity index (χ0n) is 11.1. The molecule has 0 aliphatic carbocycles. The van der Waals surface area contributed by atoms with Crippen LogP contribution >= 0.6 is 0 Å². The summed E-state index contributed by atoms with van der Waals surface area (Å²) in [6, 6.07) is 5.20. The Hall–Kier alpha value is -1.40. The Labute approximate surface area is 113 Å². The van der Waals surface area contributed by atoms with Crippen molar-refractivity contribution in [3.8, 4) is 0 Å². The number of benzene rings is 1. The molecule has 0 spiro atoms. The SMILES string of the molecule is CCNS(=O)(=O)N1CCCc2cc(C(C)=O)ccc21. The molecule has 104 valence electrons. The molecule has 0 amide bonds. The van der Waals surface area contributed by atoms with Crippen LogP contribution in [0.25, 0.3) is 0 Å². The van der Waals surface area contributed by atoms with Crippen LogP contribution in [0.3, 0.4) is 0 Å². The van der Waals surface area contributed by atoms with Gasteiger partial charge in [0.25, 0.3) is 0 Å². The molecule has 6 heteroatoms. The van der Waals surface area contributed by atoms with Gasteiger partial charge in [0, 0.05) is 18.7 Å². The molecule has 1 N–H and O–H groups in total. The van der Waals surface area contributed by atoms with Crippen LogP contribution in [0, 0.1) is 0 Å². The van der Waals surface area contributed by atoms with Gasteiger partial charge in [0.2, 0.25) is 0 Å². The highest BCUT2D eigenvalue weighted by molar-refractivity contribution is 7.90. The van der Waals surface area contributed by atoms with E-state index in [9.17, 15) is 13.2 Å². The number of anilines is 1. The second-order valence-corrected chi connectivity index (χ2v) is 6.26. The first-order valence-corrected chi connectivity index (χ1v) is 7.81. The van der Waals surface area contributed by atoms with Gasteiger partial charge in [0.05, 0.1) is 5.69 Å². The maximum atomic E-state index is 12.1. The van der Waals surface area contributed by atoms with E-state index in [2.05, 4.69) is 4.72 Å². The molecule has 1 heterocycles. The average Bonchev–Trinajstić information content (AvgIpc) is 2.37. The monoisotopic (exact) mass is 282 g/mol. The Balaban J connectivity index is 2.43. The average molecular weight is 282 g/mol. The summed E-state index contributed by atoms with van der Waals surface area (Å²) in [5.74, 6) is -0.00513. The van der Waals surface area contributed by atoms with Gasteiger partial charge in [-0.3, -0.25) is 9.10 Å². The molecule has 2 rings (SSSR count). The molecule has 0 unspecified atom stereocenters. The highest BCUT2D eigenvalue weighted by Crippen LogP contribution is 2.29. The molecule has 0 atom stereocenters. The van der Waals surface area contributed by atoms with Crippen molar-refractivity contribution in [1.82, 2.24) is 4.72 Å². The molecule has 1 aliphatic heterocycles. The lowest BCUT2D eigenvalue weighted by Gasteiger charge is -2.30. The smallest absolute Gasteiger partial charge is 0.295 e. The molecule has 1 aromatic carbocycles. The summed E-state index contributed by atoms with van der Waals surface area (Å²) in [4.78, 5) is 11.4. The minimum Gasteiger partial charge on any atom is -0.295 e. The fourth-order valence-electron chi connectivity index (χ4n) is 2.29. The normalized spacial score (nSPS) is 15.2. The van der Waals surface area contributed by atoms with E-state index in [0.717, 1.165) is 18.4 Å². The number of aryl methyl sites for hydroxylation is 1. The predicted molar refractivity (Wildman–Crippen MR) is 74.7 cm³/mol. The van der Waals surface area contributed by atoms with Gasteiger partial charge in [-0.2, -0.15) is 13.1 Å². The Morgan fingerprint density at radius 1 is 1.42 bits per heavy atom. The van der Waals surface area contributed by atoms with Crippen molar-refractivity contribution in [2.45, 2.75) is 26.7 Å². The molecule has 0 radical (unpaired) electrons. The summed E-state index contributed by atoms with van der Waals surface area (Å²) < 4.78 is 28.1. The van der Waals surface area contributed by atoms with Gasteiger partial charge in [-0.1, -0.05) is 6.92 Å². The maximum absolute atomic E-state index is 12.1. The molecule has 1 aliphatic rings. The van der Waals surface area contributed by atoms with E-state index in [-0.39, 0.29) is 5.78 Å². The quantitative estimate of drug-likeness (QED) is 0.851. The van der Waals surface area contributed by atoms with Crippen molar-refractivity contribution in [1.29, 1.82) is 0 Å². The zero-order valence-corrected chi connectivity index (χ0v) is 12.0. The van der Waals surface area contributed by atoms with Crippen molar-refractivity contribution in [3.05, 3.63) is 29.3 Å². The standard InChI is InChI=1S/C13H18N2O3S/c1-3-14-19(17,18)15-8-4-5-12-9-11(10(2)16)6-7-13(12)15/h6-7,9,14H,3-5,8H2,1-2H3. The van der Waals surface area contributed by atoms with E-state index < -0.39 is 10.2 Å². The van der Waals surface area contributed by atoms with E-state index in [0.29, 0.717) is 24.3 Å². The number of ketones is 1. The third-order valence-electron chi connectivity index (χ3n) is 3.18. The number of Topliss-reactive ketones (excluding diaryl/α,β-unsaturated/α-hetero) is 1. The van der Waals surface area contributed by atoms with E-state index in [1.165, 1.54) is 11.2 Å². The maximum Gasteiger partial charge on any atom is 0.301 e. The van der Waals surface area contributed by atoms with Crippen molar-refractivity contribution in [2.75, 3.05) is 17.4 Å². The first-order valence-electron chi connectivity index (χ1n) is 6.37. The summed E-state index contributed by atoms with van der Waals surface area (Å²) in [5.41, 5.74) is 2.22. The van der Waals surface area contributed by atoms with Gasteiger partial charge in [0.1, 0.15) is 0 Å². The summed E-state index contributed by atoms with van der Waals surface area (Å²) in [7, 11) is -3.48. The van der Waals surface area contributed by atoms with E-state index in [4.69, 9.17) is 0 Å². The predicted octanol–water partition coefficient (Wildman–Crippen LogP) is 1.50. The summed E-state index contributed by atoms with van der Waals surface area (Å²) in [5, 5.41) is 0. The molecule has 5 nitrogen and oxygen atoms in total. The highest BCUT2D eigenvalue weighted by Gasteiger charge is 2.26. The lowest BCUT2D eigenvalue weighted by Crippen LogP contribution is -2.43. The second-order valence-electron chi connectivity index (χ2n) is 4.58. The Kier molecular flexibility index (Phi) is 3.91. The number of rotatable bonds is 4. The molecule has 1 aromatic rings. The largest absolute Gasteiger partial charge is 0.301 e. The first-order chi connectivity index (χ1) is 8.95. The lowest BCUT2D eigenvalue weighted by molar-refractivity contribution is 0.101. The van der Waals surface area contributed by atoms with Gasteiger partial charge in [-0.25, -0.2) is 0 Å². The fourth-order valence-corrected chi connectivity index (χ4v) is 3.62. The molecule has 0 saturated carbocycles. The van der Waals surface area contributed by atoms with Crippen molar-refractivity contribution < 1.29 is 13.2 Å². The van der Waals surface area contributed by atoms with Crippen LogP contribution in [-0.4, -0.2) is 27.3 Å². The van der Waals surface area contributed by atoms with Gasteiger partial charge in [-0.05, 0) is 43.5 Å². The molecular formula is C13H18N2O3S. The van der Waals surface area contributed by atoms with E-state index in [1.807, 2.05) is 0 Å². The second kappa shape index (κ2) is 5.30. The first kappa shape index (κ1) is 14.0. The van der Waals surface area contributed by atoms with Crippen LogP contribution in [0.4, 0.5) is 5.69 Å². The van der Waals surface area contributed by atoms with E-state index >= 15 is 0 Å². The number of nitrogens with zero attached hydrogens (tertiary/aromatic N) is 1. The highest BCUT2D eigenvalue weighted by atomic mass is 32.2. The summed E-state index contributed by atoms with van der Waals surface area (Å²) >= 11 is 0. The van der Waals surface area contributed by atoms with Crippen molar-refractivity contribution in [3.63, 3.8) is 0 Å². The van der Waals surface area contributed by atoms with E-state index in [1.54, 1.807) is 25.1 Å². The molecule has 0 saturated heterocycles. The number of hydrogen-bond acceptors (Lipinski definition) is 3. The van der Waals surface area contributed by atoms with Crippen LogP contribution in [0.2, 0.25) is 0 Å². The van der Waals surface area contributed by atoms with Crippen molar-refractivity contribution >= 4 is 21.7 Å². The molecule has 0 aromatic heterocycles. The Bertz CT molecular complexity index is 596. The fraction of sp³-hybridized carbons (Fsp3) is 0.462. The Morgan fingerprint density at radius 3 is 2.79 bits per heavy atom. The van der Waals surface area contributed by atoms with Crippen LogP contribution in [0.5, 0.6) is 0 Å². The number of carbonyl (C=O) groups excluding carboxylic acids is 1. The molecule has 19 heavy (non-hydrogen) atoms. The minimum absolute atomic E-state index is 0.00513. The van der Waals surface area contributed by atoms with Crippen LogP contribution in [0.15, 0.2) is 18.2 Å². The third-order valence-corrected chi connectivity index (χ3v) is 4.79.